The molecule has 1 aromatic carbocycles. The number of aromatic nitrogens is 1. The summed E-state index contributed by atoms with van der Waals surface area (Å²) < 4.78 is 0. The van der Waals surface area contributed by atoms with Gasteiger partial charge in [-0.25, -0.2) is 4.98 Å². The second-order valence-electron chi connectivity index (χ2n) is 5.07. The Balaban J connectivity index is 1.60. The van der Waals surface area contributed by atoms with Crippen molar-refractivity contribution in [3.8, 4) is 0 Å². The molecule has 3 nitrogen and oxygen atoms in total. The number of benzene rings is 1. The average molecular weight is 273 g/mol. The Labute approximate surface area is 118 Å². The fourth-order valence-electron chi connectivity index (χ4n) is 2.72. The van der Waals surface area contributed by atoms with E-state index in [0.29, 0.717) is 12.5 Å². The lowest BCUT2D eigenvalue weighted by molar-refractivity contribution is 0.323. The van der Waals surface area contributed by atoms with E-state index in [1.165, 1.54) is 17.7 Å². The molecule has 1 aliphatic heterocycles. The molecule has 0 aliphatic carbocycles. The van der Waals surface area contributed by atoms with Crippen LogP contribution in [-0.2, 0) is 13.1 Å². The Bertz CT molecular complexity index is 523. The Morgan fingerprint density at radius 1 is 1.32 bits per heavy atom. The van der Waals surface area contributed by atoms with Crippen molar-refractivity contribution in [3.05, 3.63) is 52.0 Å². The lowest BCUT2D eigenvalue weighted by atomic mass is 9.99. The average Bonchev–Trinajstić information content (AvgIpc) is 3.09. The molecule has 3 rings (SSSR count). The van der Waals surface area contributed by atoms with Gasteiger partial charge in [-0.15, -0.1) is 11.3 Å². The molecule has 1 atom stereocenters. The van der Waals surface area contributed by atoms with Gasteiger partial charge in [0.1, 0.15) is 5.01 Å². The summed E-state index contributed by atoms with van der Waals surface area (Å²) in [4.78, 5) is 7.03. The largest absolute Gasteiger partial charge is 0.325 e. The molecular weight excluding hydrogens is 254 g/mol. The smallest absolute Gasteiger partial charge is 0.106 e. The monoisotopic (exact) mass is 273 g/mol. The molecule has 4 heteroatoms. The highest BCUT2D eigenvalue weighted by Gasteiger charge is 2.24. The minimum atomic E-state index is 0.553. The van der Waals surface area contributed by atoms with E-state index >= 15 is 0 Å². The molecule has 1 aromatic heterocycles. The van der Waals surface area contributed by atoms with Crippen molar-refractivity contribution in [2.45, 2.75) is 25.4 Å². The van der Waals surface area contributed by atoms with Crippen LogP contribution in [0.4, 0.5) is 0 Å². The minimum absolute atomic E-state index is 0.553. The molecule has 2 heterocycles. The van der Waals surface area contributed by atoms with Gasteiger partial charge in [-0.2, -0.15) is 0 Å². The highest BCUT2D eigenvalue weighted by molar-refractivity contribution is 7.09. The van der Waals surface area contributed by atoms with Gasteiger partial charge in [0.15, 0.2) is 0 Å². The fourth-order valence-corrected chi connectivity index (χ4v) is 3.38. The molecule has 0 amide bonds. The summed E-state index contributed by atoms with van der Waals surface area (Å²) in [6.45, 7) is 3.81. The van der Waals surface area contributed by atoms with Gasteiger partial charge in [0.25, 0.3) is 0 Å². The van der Waals surface area contributed by atoms with Crippen LogP contribution in [0.3, 0.4) is 0 Å². The van der Waals surface area contributed by atoms with E-state index in [1.807, 2.05) is 0 Å². The zero-order valence-electron chi connectivity index (χ0n) is 11.0. The molecule has 0 spiro atoms. The van der Waals surface area contributed by atoms with E-state index in [-0.39, 0.29) is 0 Å². The number of likely N-dealkylation sites (tertiary alicyclic amines) is 1. The van der Waals surface area contributed by atoms with Gasteiger partial charge in [-0.05, 0) is 24.4 Å². The number of hydrogen-bond donors (Lipinski definition) is 1. The third kappa shape index (κ3) is 3.03. The van der Waals surface area contributed by atoms with Crippen LogP contribution in [0.5, 0.6) is 0 Å². The molecule has 19 heavy (non-hydrogen) atoms. The van der Waals surface area contributed by atoms with Crippen molar-refractivity contribution in [1.82, 2.24) is 9.88 Å². The van der Waals surface area contributed by atoms with Crippen LogP contribution in [0.15, 0.2) is 35.7 Å². The lowest BCUT2D eigenvalue weighted by Crippen LogP contribution is -2.20. The van der Waals surface area contributed by atoms with E-state index in [1.54, 1.807) is 11.3 Å². The first-order valence-electron chi connectivity index (χ1n) is 6.76. The zero-order chi connectivity index (χ0) is 13.1. The Kier molecular flexibility index (Phi) is 3.92. The number of nitrogens with zero attached hydrogens (tertiary/aromatic N) is 2. The second-order valence-corrected chi connectivity index (χ2v) is 6.01. The molecule has 0 bridgehead atoms. The first kappa shape index (κ1) is 12.8. The van der Waals surface area contributed by atoms with E-state index < -0.39 is 0 Å². The SMILES string of the molecule is NCc1nc(CN2CCC(c3ccccc3)C2)cs1. The predicted octanol–water partition coefficient (Wildman–Crippen LogP) is 2.59. The third-order valence-corrected chi connectivity index (χ3v) is 4.62. The molecular formula is C15H19N3S. The van der Waals surface area contributed by atoms with Crippen LogP contribution in [0, 0.1) is 0 Å². The fraction of sp³-hybridized carbons (Fsp3) is 0.400. The van der Waals surface area contributed by atoms with Crippen LogP contribution in [-0.4, -0.2) is 23.0 Å². The molecule has 0 saturated carbocycles. The molecule has 2 aromatic rings. The van der Waals surface area contributed by atoms with Gasteiger partial charge in [0, 0.05) is 25.0 Å². The minimum Gasteiger partial charge on any atom is -0.325 e. The molecule has 1 fully saturated rings. The van der Waals surface area contributed by atoms with Crippen molar-refractivity contribution in [2.75, 3.05) is 13.1 Å². The Morgan fingerprint density at radius 3 is 2.89 bits per heavy atom. The molecule has 2 N–H and O–H groups in total. The summed E-state index contributed by atoms with van der Waals surface area (Å²) in [6.07, 6.45) is 1.25. The number of thiazole rings is 1. The van der Waals surface area contributed by atoms with Gasteiger partial charge in [-0.1, -0.05) is 30.3 Å². The summed E-state index contributed by atoms with van der Waals surface area (Å²) in [7, 11) is 0. The molecule has 0 radical (unpaired) electrons. The van der Waals surface area contributed by atoms with Gasteiger partial charge < -0.3 is 5.73 Å². The van der Waals surface area contributed by atoms with E-state index in [2.05, 4.69) is 45.6 Å². The predicted molar refractivity (Wildman–Crippen MR) is 79.1 cm³/mol. The standard InChI is InChI=1S/C15H19N3S/c16-8-15-17-14(11-19-15)10-18-7-6-13(9-18)12-4-2-1-3-5-12/h1-5,11,13H,6-10,16H2. The van der Waals surface area contributed by atoms with Crippen molar-refractivity contribution >= 4 is 11.3 Å². The maximum atomic E-state index is 5.60. The molecule has 1 unspecified atom stereocenters. The van der Waals surface area contributed by atoms with Gasteiger partial charge in [0.05, 0.1) is 5.69 Å². The first-order valence-corrected chi connectivity index (χ1v) is 7.64. The maximum absolute atomic E-state index is 5.60. The summed E-state index contributed by atoms with van der Waals surface area (Å²) >= 11 is 1.67. The van der Waals surface area contributed by atoms with Gasteiger partial charge in [-0.3, -0.25) is 4.90 Å². The summed E-state index contributed by atoms with van der Waals surface area (Å²) in [6, 6.07) is 10.8. The highest BCUT2D eigenvalue weighted by Crippen LogP contribution is 2.28. The Morgan fingerprint density at radius 2 is 2.16 bits per heavy atom. The molecule has 1 aliphatic rings. The Hall–Kier alpha value is -1.23. The lowest BCUT2D eigenvalue weighted by Gasteiger charge is -2.14. The van der Waals surface area contributed by atoms with Crippen molar-refractivity contribution in [1.29, 1.82) is 0 Å². The van der Waals surface area contributed by atoms with Crippen LogP contribution in [0.1, 0.15) is 28.6 Å². The van der Waals surface area contributed by atoms with E-state index in [0.717, 1.165) is 24.6 Å². The highest BCUT2D eigenvalue weighted by atomic mass is 32.1. The zero-order valence-corrected chi connectivity index (χ0v) is 11.8. The van der Waals surface area contributed by atoms with E-state index in [9.17, 15) is 0 Å². The molecule has 100 valence electrons. The quantitative estimate of drug-likeness (QED) is 0.931. The van der Waals surface area contributed by atoms with Crippen LogP contribution in [0.2, 0.25) is 0 Å². The number of rotatable bonds is 4. The first-order chi connectivity index (χ1) is 9.35. The summed E-state index contributed by atoms with van der Waals surface area (Å²) in [5.74, 6) is 0.675. The summed E-state index contributed by atoms with van der Waals surface area (Å²) in [5.41, 5.74) is 8.23. The topological polar surface area (TPSA) is 42.1 Å². The van der Waals surface area contributed by atoms with Crippen molar-refractivity contribution in [2.24, 2.45) is 5.73 Å². The van der Waals surface area contributed by atoms with Crippen LogP contribution in [0.25, 0.3) is 0 Å². The number of hydrogen-bond acceptors (Lipinski definition) is 4. The normalized spacial score (nSPS) is 19.9. The number of nitrogens with two attached hydrogens (primary N) is 1. The van der Waals surface area contributed by atoms with Gasteiger partial charge in [0.2, 0.25) is 0 Å². The van der Waals surface area contributed by atoms with Gasteiger partial charge >= 0.3 is 0 Å². The maximum Gasteiger partial charge on any atom is 0.106 e. The summed E-state index contributed by atoms with van der Waals surface area (Å²) in [5, 5.41) is 3.17. The van der Waals surface area contributed by atoms with Crippen LogP contribution < -0.4 is 5.73 Å². The van der Waals surface area contributed by atoms with Crippen molar-refractivity contribution < 1.29 is 0 Å². The van der Waals surface area contributed by atoms with E-state index in [4.69, 9.17) is 5.73 Å². The van der Waals surface area contributed by atoms with Crippen LogP contribution >= 0.6 is 11.3 Å². The molecule has 1 saturated heterocycles. The third-order valence-electron chi connectivity index (χ3n) is 3.70. The van der Waals surface area contributed by atoms with Crippen molar-refractivity contribution in [3.63, 3.8) is 0 Å². The second kappa shape index (κ2) is 5.82.